The van der Waals surface area contributed by atoms with E-state index in [-0.39, 0.29) is 11.9 Å². The molecule has 0 N–H and O–H groups in total. The predicted octanol–water partition coefficient (Wildman–Crippen LogP) is 0.473. The maximum atomic E-state index is 13.9. The summed E-state index contributed by atoms with van der Waals surface area (Å²) in [4.78, 5) is 24.3. The second kappa shape index (κ2) is 7.73. The number of hydrogen-bond donors (Lipinski definition) is 0. The molecule has 0 radical (unpaired) electrons. The molecule has 1 saturated heterocycles. The van der Waals surface area contributed by atoms with Crippen molar-refractivity contribution >= 4 is 5.91 Å². The van der Waals surface area contributed by atoms with Gasteiger partial charge in [-0.3, -0.25) is 14.4 Å². The van der Waals surface area contributed by atoms with Crippen molar-refractivity contribution in [2.24, 2.45) is 7.05 Å². The zero-order valence-electron chi connectivity index (χ0n) is 14.6. The first kappa shape index (κ1) is 17.5. The lowest BCUT2D eigenvalue weighted by Gasteiger charge is -2.28. The van der Waals surface area contributed by atoms with Crippen molar-refractivity contribution < 1.29 is 9.18 Å². The molecule has 25 heavy (non-hydrogen) atoms. The van der Waals surface area contributed by atoms with E-state index in [2.05, 4.69) is 20.0 Å². The van der Waals surface area contributed by atoms with E-state index in [9.17, 15) is 9.18 Å². The number of alkyl halides is 1. The van der Waals surface area contributed by atoms with Gasteiger partial charge in [0.15, 0.2) is 0 Å². The first-order valence-corrected chi connectivity index (χ1v) is 8.43. The van der Waals surface area contributed by atoms with Crippen molar-refractivity contribution in [1.82, 2.24) is 34.1 Å². The van der Waals surface area contributed by atoms with Crippen LogP contribution in [-0.2, 0) is 24.9 Å². The highest BCUT2D eigenvalue weighted by molar-refractivity contribution is 5.75. The van der Waals surface area contributed by atoms with E-state index in [4.69, 9.17) is 0 Å². The standard InChI is InChI=1S/C16H24FN7O/c1-21-6-4-19-15(21)10-23-8-13(17)7-14(23)9-22(2)16(25)3-5-24-12-18-11-20-24/h4,6,11-14H,3,5,7-10H2,1-2H3/t13-,14-/m0/s1. The van der Waals surface area contributed by atoms with E-state index in [0.29, 0.717) is 39.0 Å². The molecule has 1 aliphatic heterocycles. The summed E-state index contributed by atoms with van der Waals surface area (Å²) in [7, 11) is 3.70. The highest BCUT2D eigenvalue weighted by atomic mass is 19.1. The molecule has 0 spiro atoms. The summed E-state index contributed by atoms with van der Waals surface area (Å²) < 4.78 is 17.5. The number of hydrogen-bond acceptors (Lipinski definition) is 5. The summed E-state index contributed by atoms with van der Waals surface area (Å²) in [6.07, 6.45) is 6.61. The Balaban J connectivity index is 1.53. The Kier molecular flexibility index (Phi) is 5.42. The molecule has 1 amide bonds. The second-order valence-corrected chi connectivity index (χ2v) is 6.55. The van der Waals surface area contributed by atoms with Crippen molar-refractivity contribution in [3.63, 3.8) is 0 Å². The molecule has 0 aromatic carbocycles. The van der Waals surface area contributed by atoms with E-state index in [1.54, 1.807) is 29.2 Å². The smallest absolute Gasteiger partial charge is 0.224 e. The summed E-state index contributed by atoms with van der Waals surface area (Å²) in [6, 6.07) is 0.00650. The second-order valence-electron chi connectivity index (χ2n) is 6.55. The number of aromatic nitrogens is 5. The molecule has 136 valence electrons. The van der Waals surface area contributed by atoms with Crippen LogP contribution in [-0.4, -0.2) is 72.4 Å². The summed E-state index contributed by atoms with van der Waals surface area (Å²) in [5, 5.41) is 3.99. The SMILES string of the molecule is CN(C[C@@H]1C[C@H](F)CN1Cc1nccn1C)C(=O)CCn1cncn1. The van der Waals surface area contributed by atoms with E-state index >= 15 is 0 Å². The molecule has 1 aliphatic rings. The van der Waals surface area contributed by atoms with Gasteiger partial charge < -0.3 is 9.47 Å². The molecule has 1 fully saturated rings. The summed E-state index contributed by atoms with van der Waals surface area (Å²) in [5.74, 6) is 0.925. The van der Waals surface area contributed by atoms with Crippen molar-refractivity contribution in [3.05, 3.63) is 30.9 Å². The zero-order valence-corrected chi connectivity index (χ0v) is 14.6. The van der Waals surface area contributed by atoms with Gasteiger partial charge in [-0.05, 0) is 6.42 Å². The predicted molar refractivity (Wildman–Crippen MR) is 89.2 cm³/mol. The minimum atomic E-state index is -0.857. The van der Waals surface area contributed by atoms with Crippen LogP contribution in [0.3, 0.4) is 0 Å². The maximum absolute atomic E-state index is 13.9. The molecule has 0 bridgehead atoms. The number of nitrogens with zero attached hydrogens (tertiary/aromatic N) is 7. The minimum absolute atomic E-state index is 0.00650. The largest absolute Gasteiger partial charge is 0.344 e. The van der Waals surface area contributed by atoms with E-state index < -0.39 is 6.17 Å². The molecule has 2 aromatic heterocycles. The molecule has 0 saturated carbocycles. The lowest BCUT2D eigenvalue weighted by Crippen LogP contribution is -2.41. The average molecular weight is 349 g/mol. The number of amides is 1. The van der Waals surface area contributed by atoms with Crippen LogP contribution in [0.15, 0.2) is 25.0 Å². The Bertz CT molecular complexity index is 686. The molecule has 0 aliphatic carbocycles. The molecule has 2 atom stereocenters. The third-order valence-electron chi connectivity index (χ3n) is 4.67. The number of carbonyl (C=O) groups is 1. The fourth-order valence-electron chi connectivity index (χ4n) is 3.20. The number of halogens is 1. The van der Waals surface area contributed by atoms with Crippen LogP contribution >= 0.6 is 0 Å². The van der Waals surface area contributed by atoms with Gasteiger partial charge >= 0.3 is 0 Å². The number of imidazole rings is 1. The van der Waals surface area contributed by atoms with Gasteiger partial charge in [0.25, 0.3) is 0 Å². The van der Waals surface area contributed by atoms with Crippen molar-refractivity contribution in [2.45, 2.75) is 38.1 Å². The van der Waals surface area contributed by atoms with Gasteiger partial charge in [0.2, 0.25) is 5.91 Å². The van der Waals surface area contributed by atoms with E-state index in [0.717, 1.165) is 5.82 Å². The number of aryl methyl sites for hydroxylation is 2. The van der Waals surface area contributed by atoms with Gasteiger partial charge in [-0.1, -0.05) is 0 Å². The number of rotatable bonds is 7. The molecular formula is C16H24FN7O. The number of likely N-dealkylation sites (N-methyl/N-ethyl adjacent to an activating group) is 1. The Labute approximate surface area is 146 Å². The van der Waals surface area contributed by atoms with Gasteiger partial charge in [0.05, 0.1) is 13.1 Å². The summed E-state index contributed by atoms with van der Waals surface area (Å²) >= 11 is 0. The highest BCUT2D eigenvalue weighted by Gasteiger charge is 2.34. The van der Waals surface area contributed by atoms with Gasteiger partial charge in [0.1, 0.15) is 24.7 Å². The number of carbonyl (C=O) groups excluding carboxylic acids is 1. The fourth-order valence-corrected chi connectivity index (χ4v) is 3.20. The molecule has 3 heterocycles. The topological polar surface area (TPSA) is 72.1 Å². The maximum Gasteiger partial charge on any atom is 0.224 e. The number of likely N-dealkylation sites (tertiary alicyclic amines) is 1. The Morgan fingerprint density at radius 1 is 1.48 bits per heavy atom. The van der Waals surface area contributed by atoms with Gasteiger partial charge in [-0.2, -0.15) is 5.10 Å². The van der Waals surface area contributed by atoms with Crippen LogP contribution in [0.2, 0.25) is 0 Å². The summed E-state index contributed by atoms with van der Waals surface area (Å²) in [6.45, 7) is 1.99. The zero-order chi connectivity index (χ0) is 17.8. The lowest BCUT2D eigenvalue weighted by molar-refractivity contribution is -0.130. The van der Waals surface area contributed by atoms with Crippen LogP contribution in [0.5, 0.6) is 0 Å². The normalized spacial score (nSPS) is 20.9. The minimum Gasteiger partial charge on any atom is -0.344 e. The van der Waals surface area contributed by atoms with Crippen molar-refractivity contribution in [2.75, 3.05) is 20.1 Å². The van der Waals surface area contributed by atoms with Crippen molar-refractivity contribution in [3.8, 4) is 0 Å². The van der Waals surface area contributed by atoms with Crippen LogP contribution in [0.4, 0.5) is 4.39 Å². The van der Waals surface area contributed by atoms with Crippen LogP contribution < -0.4 is 0 Å². The molecule has 0 unspecified atom stereocenters. The van der Waals surface area contributed by atoms with Crippen LogP contribution in [0, 0.1) is 0 Å². The molecule has 8 nitrogen and oxygen atoms in total. The van der Waals surface area contributed by atoms with E-state index in [1.807, 2.05) is 17.8 Å². The third kappa shape index (κ3) is 4.41. The monoisotopic (exact) mass is 349 g/mol. The van der Waals surface area contributed by atoms with E-state index in [1.165, 1.54) is 6.33 Å². The third-order valence-corrected chi connectivity index (χ3v) is 4.67. The highest BCUT2D eigenvalue weighted by Crippen LogP contribution is 2.23. The lowest BCUT2D eigenvalue weighted by atomic mass is 10.2. The molecule has 9 heteroatoms. The quantitative estimate of drug-likeness (QED) is 0.727. The molecular weight excluding hydrogens is 325 g/mol. The van der Waals surface area contributed by atoms with Crippen molar-refractivity contribution in [1.29, 1.82) is 0 Å². The molecule has 3 rings (SSSR count). The van der Waals surface area contributed by atoms with Crippen LogP contribution in [0.25, 0.3) is 0 Å². The molecule has 2 aromatic rings. The van der Waals surface area contributed by atoms with Gasteiger partial charge in [-0.15, -0.1) is 0 Å². The first-order valence-electron chi connectivity index (χ1n) is 8.43. The Morgan fingerprint density at radius 2 is 2.32 bits per heavy atom. The summed E-state index contributed by atoms with van der Waals surface area (Å²) in [5.41, 5.74) is 0. The Hall–Kier alpha value is -2.29. The van der Waals surface area contributed by atoms with Crippen LogP contribution in [0.1, 0.15) is 18.7 Å². The first-order chi connectivity index (χ1) is 12.0. The van der Waals surface area contributed by atoms with Gasteiger partial charge in [0, 0.05) is 52.0 Å². The average Bonchev–Trinajstić information content (AvgIpc) is 3.29. The fraction of sp³-hybridized carbons (Fsp3) is 0.625. The Morgan fingerprint density at radius 3 is 3.00 bits per heavy atom. The van der Waals surface area contributed by atoms with Gasteiger partial charge in [-0.25, -0.2) is 14.4 Å².